The maximum absolute atomic E-state index is 12.8. The zero-order chi connectivity index (χ0) is 23.4. The average molecular weight is 448 g/mol. The van der Waals surface area contributed by atoms with Crippen LogP contribution < -0.4 is 15.5 Å². The van der Waals surface area contributed by atoms with Gasteiger partial charge in [-0.2, -0.15) is 13.2 Å². The first kappa shape index (κ1) is 24.0. The minimum Gasteiger partial charge on any atom is -0.381 e. The van der Waals surface area contributed by atoms with Crippen molar-refractivity contribution in [1.82, 2.24) is 0 Å². The van der Waals surface area contributed by atoms with E-state index in [0.717, 1.165) is 60.7 Å². The molecule has 0 atom stereocenters. The first-order valence-electron chi connectivity index (χ1n) is 11.1. The molecule has 1 fully saturated rings. The number of carbonyl (C=O) groups is 1. The van der Waals surface area contributed by atoms with E-state index in [0.29, 0.717) is 13.0 Å². The van der Waals surface area contributed by atoms with Gasteiger partial charge in [0.05, 0.1) is 16.9 Å². The second-order valence-electron chi connectivity index (χ2n) is 9.61. The van der Waals surface area contributed by atoms with Crippen LogP contribution in [0.15, 0.2) is 42.5 Å². The van der Waals surface area contributed by atoms with Crippen molar-refractivity contribution in [2.24, 2.45) is 5.41 Å². The van der Waals surface area contributed by atoms with E-state index in [1.165, 1.54) is 18.6 Å². The molecule has 174 valence electrons. The zero-order valence-corrected chi connectivity index (χ0v) is 19.0. The van der Waals surface area contributed by atoms with Crippen molar-refractivity contribution < 1.29 is 18.0 Å². The first-order chi connectivity index (χ1) is 15.0. The molecule has 0 aliphatic carbocycles. The van der Waals surface area contributed by atoms with Gasteiger partial charge in [-0.05, 0) is 60.6 Å². The molecule has 2 aromatic carbocycles. The van der Waals surface area contributed by atoms with Crippen molar-refractivity contribution in [2.75, 3.05) is 28.6 Å². The van der Waals surface area contributed by atoms with Crippen molar-refractivity contribution in [3.05, 3.63) is 53.6 Å². The van der Waals surface area contributed by atoms with Crippen LogP contribution in [-0.2, 0) is 17.5 Å². The molecule has 2 N–H and O–H groups in total. The summed E-state index contributed by atoms with van der Waals surface area (Å²) in [4.78, 5) is 14.8. The van der Waals surface area contributed by atoms with Crippen molar-refractivity contribution in [2.45, 2.75) is 59.2 Å². The number of piperidine rings is 1. The van der Waals surface area contributed by atoms with Crippen LogP contribution in [0.1, 0.15) is 57.6 Å². The van der Waals surface area contributed by atoms with Crippen LogP contribution >= 0.6 is 0 Å². The second-order valence-corrected chi connectivity index (χ2v) is 9.61. The van der Waals surface area contributed by atoms with Crippen LogP contribution in [0.2, 0.25) is 0 Å². The molecule has 0 saturated carbocycles. The number of nitrogens with zero attached hydrogens (tertiary/aromatic N) is 1. The number of halogens is 3. The van der Waals surface area contributed by atoms with Gasteiger partial charge < -0.3 is 15.5 Å². The van der Waals surface area contributed by atoms with E-state index in [9.17, 15) is 18.0 Å². The Morgan fingerprint density at radius 1 is 0.969 bits per heavy atom. The number of hydrogen-bond acceptors (Lipinski definition) is 3. The first-order valence-corrected chi connectivity index (χ1v) is 11.1. The predicted octanol–water partition coefficient (Wildman–Crippen LogP) is 6.68. The number of rotatable bonds is 6. The normalized spacial score (nSPS) is 14.9. The third-order valence-corrected chi connectivity index (χ3v) is 5.44. The lowest BCUT2D eigenvalue weighted by Crippen LogP contribution is -2.30. The molecular weight excluding hydrogens is 415 g/mol. The lowest BCUT2D eigenvalue weighted by atomic mass is 9.92. The quantitative estimate of drug-likeness (QED) is 0.519. The molecule has 2 aromatic rings. The number of nitrogens with one attached hydrogen (secondary N) is 2. The molecule has 4 nitrogen and oxygen atoms in total. The molecule has 0 radical (unpaired) electrons. The Labute approximate surface area is 188 Å². The van der Waals surface area contributed by atoms with Crippen LogP contribution in [0, 0.1) is 5.41 Å². The molecule has 32 heavy (non-hydrogen) atoms. The van der Waals surface area contributed by atoms with Gasteiger partial charge in [0, 0.05) is 31.7 Å². The maximum atomic E-state index is 12.8. The lowest BCUT2D eigenvalue weighted by Gasteiger charge is -2.31. The summed E-state index contributed by atoms with van der Waals surface area (Å²) in [5, 5.41) is 6.37. The van der Waals surface area contributed by atoms with Gasteiger partial charge in [0.25, 0.3) is 0 Å². The van der Waals surface area contributed by atoms with Gasteiger partial charge in [-0.25, -0.2) is 0 Å². The highest BCUT2D eigenvalue weighted by molar-refractivity contribution is 5.95. The number of carbonyl (C=O) groups excluding carboxylic acids is 1. The highest BCUT2D eigenvalue weighted by atomic mass is 19.4. The summed E-state index contributed by atoms with van der Waals surface area (Å²) in [5.41, 5.74) is 2.65. The summed E-state index contributed by atoms with van der Waals surface area (Å²) < 4.78 is 38.3. The second kappa shape index (κ2) is 9.84. The third-order valence-electron chi connectivity index (χ3n) is 5.44. The zero-order valence-electron chi connectivity index (χ0n) is 19.0. The summed E-state index contributed by atoms with van der Waals surface area (Å²) in [6.45, 7) is 8.38. The topological polar surface area (TPSA) is 44.4 Å². The minimum atomic E-state index is -4.33. The highest BCUT2D eigenvalue weighted by Gasteiger charge is 2.29. The molecule has 3 rings (SSSR count). The molecule has 0 spiro atoms. The Hall–Kier alpha value is -2.70. The molecule has 0 bridgehead atoms. The SMILES string of the molecule is CC(C)(C)CC(=O)Nc1ccc(NCc2ccc(C(F)(F)F)cc2)cc1N1CCCCC1. The molecule has 1 heterocycles. The molecule has 0 unspecified atom stereocenters. The van der Waals surface area contributed by atoms with E-state index in [1.807, 2.05) is 39.0 Å². The van der Waals surface area contributed by atoms with Crippen molar-refractivity contribution in [1.29, 1.82) is 0 Å². The minimum absolute atomic E-state index is 0.0128. The molecule has 7 heteroatoms. The molecule has 1 amide bonds. The van der Waals surface area contributed by atoms with Gasteiger partial charge in [-0.1, -0.05) is 32.9 Å². The Kier molecular flexibility index (Phi) is 7.36. The third kappa shape index (κ3) is 6.90. The highest BCUT2D eigenvalue weighted by Crippen LogP contribution is 2.33. The van der Waals surface area contributed by atoms with Gasteiger partial charge in [0.2, 0.25) is 5.91 Å². The van der Waals surface area contributed by atoms with E-state index in [2.05, 4.69) is 15.5 Å². The van der Waals surface area contributed by atoms with E-state index < -0.39 is 11.7 Å². The predicted molar refractivity (Wildman–Crippen MR) is 124 cm³/mol. The van der Waals surface area contributed by atoms with Crippen LogP contribution in [0.5, 0.6) is 0 Å². The number of alkyl halides is 3. The Morgan fingerprint density at radius 2 is 1.62 bits per heavy atom. The molecular formula is C25H32F3N3O. The fraction of sp³-hybridized carbons (Fsp3) is 0.480. The monoisotopic (exact) mass is 447 g/mol. The molecule has 1 saturated heterocycles. The fourth-order valence-electron chi connectivity index (χ4n) is 3.84. The largest absolute Gasteiger partial charge is 0.416 e. The van der Waals surface area contributed by atoms with E-state index in [1.54, 1.807) is 0 Å². The summed E-state index contributed by atoms with van der Waals surface area (Å²) in [5.74, 6) is -0.0128. The van der Waals surface area contributed by atoms with Gasteiger partial charge in [0.1, 0.15) is 0 Å². The smallest absolute Gasteiger partial charge is 0.381 e. The van der Waals surface area contributed by atoms with Crippen LogP contribution in [0.3, 0.4) is 0 Å². The number of amides is 1. The number of anilines is 3. The van der Waals surface area contributed by atoms with Gasteiger partial charge in [0.15, 0.2) is 0 Å². The Morgan fingerprint density at radius 3 is 2.22 bits per heavy atom. The van der Waals surface area contributed by atoms with E-state index >= 15 is 0 Å². The van der Waals surface area contributed by atoms with Crippen LogP contribution in [0.25, 0.3) is 0 Å². The Bertz CT molecular complexity index is 912. The van der Waals surface area contributed by atoms with Crippen molar-refractivity contribution >= 4 is 23.0 Å². The molecule has 1 aliphatic heterocycles. The average Bonchev–Trinajstić information content (AvgIpc) is 2.72. The van der Waals surface area contributed by atoms with Gasteiger partial charge >= 0.3 is 6.18 Å². The summed E-state index contributed by atoms with van der Waals surface area (Å²) in [6, 6.07) is 11.0. The van der Waals surface area contributed by atoms with Crippen LogP contribution in [-0.4, -0.2) is 19.0 Å². The standard InChI is InChI=1S/C25H32F3N3O/c1-24(2,3)16-23(32)30-21-12-11-20(15-22(21)31-13-5-4-6-14-31)29-17-18-7-9-19(10-8-18)25(26,27)28/h7-12,15,29H,4-6,13-14,16-17H2,1-3H3,(H,30,32). The number of hydrogen-bond donors (Lipinski definition) is 2. The summed E-state index contributed by atoms with van der Waals surface area (Å²) in [6.07, 6.45) is -0.478. The van der Waals surface area contributed by atoms with Gasteiger partial charge in [-0.15, -0.1) is 0 Å². The number of benzene rings is 2. The van der Waals surface area contributed by atoms with Crippen LogP contribution in [0.4, 0.5) is 30.2 Å². The molecule has 0 aromatic heterocycles. The summed E-state index contributed by atoms with van der Waals surface area (Å²) >= 11 is 0. The summed E-state index contributed by atoms with van der Waals surface area (Å²) in [7, 11) is 0. The van der Waals surface area contributed by atoms with E-state index in [-0.39, 0.29) is 11.3 Å². The van der Waals surface area contributed by atoms with E-state index in [4.69, 9.17) is 0 Å². The van der Waals surface area contributed by atoms with Crippen molar-refractivity contribution in [3.63, 3.8) is 0 Å². The van der Waals surface area contributed by atoms with Crippen molar-refractivity contribution in [3.8, 4) is 0 Å². The maximum Gasteiger partial charge on any atom is 0.416 e. The molecule has 1 aliphatic rings. The lowest BCUT2D eigenvalue weighted by molar-refractivity contribution is -0.137. The van der Waals surface area contributed by atoms with Gasteiger partial charge in [-0.3, -0.25) is 4.79 Å². The Balaban J connectivity index is 1.74. The fourth-order valence-corrected chi connectivity index (χ4v) is 3.84.